The molecule has 2 fully saturated rings. The van der Waals surface area contributed by atoms with Gasteiger partial charge >= 0.3 is 0 Å². The van der Waals surface area contributed by atoms with Crippen LogP contribution in [0, 0.1) is 0 Å². The van der Waals surface area contributed by atoms with Crippen LogP contribution in [-0.2, 0) is 15.9 Å². The van der Waals surface area contributed by atoms with E-state index in [2.05, 4.69) is 97.1 Å². The first-order chi connectivity index (χ1) is 18.3. The SMILES string of the molecule is c1ccc2c(-c3ccc(OCC4CO4)cc3)c3ccccc3c(Cc3ccc(OCC4CO4)cc3)c2c1. The van der Waals surface area contributed by atoms with Crippen molar-refractivity contribution in [2.75, 3.05) is 26.4 Å². The van der Waals surface area contributed by atoms with Gasteiger partial charge in [0.25, 0.3) is 0 Å². The van der Waals surface area contributed by atoms with Gasteiger partial charge in [0.15, 0.2) is 0 Å². The molecule has 0 saturated carbocycles. The molecule has 0 radical (unpaired) electrons. The molecule has 37 heavy (non-hydrogen) atoms. The fourth-order valence-electron chi connectivity index (χ4n) is 5.05. The van der Waals surface area contributed by atoms with Gasteiger partial charge in [0, 0.05) is 0 Å². The van der Waals surface area contributed by atoms with Crippen molar-refractivity contribution < 1.29 is 18.9 Å². The zero-order valence-corrected chi connectivity index (χ0v) is 20.6. The molecule has 184 valence electrons. The first-order valence-electron chi connectivity index (χ1n) is 12.9. The highest BCUT2D eigenvalue weighted by molar-refractivity contribution is 6.15. The highest BCUT2D eigenvalue weighted by Gasteiger charge is 2.24. The molecule has 5 aromatic carbocycles. The highest BCUT2D eigenvalue weighted by atomic mass is 16.6. The van der Waals surface area contributed by atoms with Gasteiger partial charge < -0.3 is 18.9 Å². The van der Waals surface area contributed by atoms with Gasteiger partial charge in [0.2, 0.25) is 0 Å². The molecule has 0 spiro atoms. The number of hydrogen-bond donors (Lipinski definition) is 0. The molecule has 4 nitrogen and oxygen atoms in total. The van der Waals surface area contributed by atoms with Crippen LogP contribution < -0.4 is 9.47 Å². The molecule has 2 heterocycles. The minimum Gasteiger partial charge on any atom is -0.491 e. The molecule has 0 aromatic heterocycles. The van der Waals surface area contributed by atoms with Crippen LogP contribution in [0.4, 0.5) is 0 Å². The summed E-state index contributed by atoms with van der Waals surface area (Å²) in [6.45, 7) is 2.85. The van der Waals surface area contributed by atoms with Crippen molar-refractivity contribution in [2.45, 2.75) is 18.6 Å². The van der Waals surface area contributed by atoms with Crippen LogP contribution in [0.2, 0.25) is 0 Å². The van der Waals surface area contributed by atoms with Crippen molar-refractivity contribution in [3.05, 3.63) is 108 Å². The molecule has 0 amide bonds. The van der Waals surface area contributed by atoms with E-state index >= 15 is 0 Å². The molecule has 2 aliphatic heterocycles. The van der Waals surface area contributed by atoms with E-state index in [1.54, 1.807) is 0 Å². The number of benzene rings is 5. The Hall–Kier alpha value is -3.86. The van der Waals surface area contributed by atoms with E-state index in [4.69, 9.17) is 18.9 Å². The number of ether oxygens (including phenoxy) is 4. The molecule has 2 atom stereocenters. The van der Waals surface area contributed by atoms with Crippen LogP contribution in [0.1, 0.15) is 11.1 Å². The second-order valence-electron chi connectivity index (χ2n) is 9.82. The topological polar surface area (TPSA) is 43.5 Å². The number of fused-ring (bicyclic) bond motifs is 2. The van der Waals surface area contributed by atoms with Crippen LogP contribution >= 0.6 is 0 Å². The lowest BCUT2D eigenvalue weighted by Crippen LogP contribution is -2.04. The fourth-order valence-corrected chi connectivity index (χ4v) is 5.05. The Balaban J connectivity index is 1.26. The average Bonchev–Trinajstić information content (AvgIpc) is 3.88. The van der Waals surface area contributed by atoms with Crippen molar-refractivity contribution in [1.29, 1.82) is 0 Å². The molecular formula is C33H28O4. The van der Waals surface area contributed by atoms with Crippen LogP contribution in [0.25, 0.3) is 32.7 Å². The maximum atomic E-state index is 5.88. The smallest absolute Gasteiger partial charge is 0.119 e. The minimum atomic E-state index is 0.251. The van der Waals surface area contributed by atoms with Gasteiger partial charge in [-0.05, 0) is 74.5 Å². The predicted molar refractivity (Wildman–Crippen MR) is 147 cm³/mol. The van der Waals surface area contributed by atoms with Crippen LogP contribution in [0.5, 0.6) is 11.5 Å². The Labute approximate surface area is 216 Å². The molecule has 0 bridgehead atoms. The first kappa shape index (κ1) is 22.3. The lowest BCUT2D eigenvalue weighted by molar-refractivity contribution is 0.263. The van der Waals surface area contributed by atoms with Gasteiger partial charge in [0.1, 0.15) is 36.9 Å². The summed E-state index contributed by atoms with van der Waals surface area (Å²) in [5, 5.41) is 5.10. The summed E-state index contributed by atoms with van der Waals surface area (Å²) in [4.78, 5) is 0. The summed E-state index contributed by atoms with van der Waals surface area (Å²) in [6.07, 6.45) is 1.36. The van der Waals surface area contributed by atoms with Gasteiger partial charge in [-0.1, -0.05) is 72.8 Å². The van der Waals surface area contributed by atoms with Crippen molar-refractivity contribution >= 4 is 21.5 Å². The Kier molecular flexibility index (Phi) is 5.77. The van der Waals surface area contributed by atoms with E-state index in [1.165, 1.54) is 43.8 Å². The Morgan fingerprint density at radius 3 is 1.51 bits per heavy atom. The van der Waals surface area contributed by atoms with E-state index in [-0.39, 0.29) is 12.2 Å². The maximum Gasteiger partial charge on any atom is 0.119 e. The van der Waals surface area contributed by atoms with Gasteiger partial charge in [0.05, 0.1) is 13.2 Å². The third kappa shape index (κ3) is 4.78. The maximum absolute atomic E-state index is 5.88. The molecular weight excluding hydrogens is 460 g/mol. The lowest BCUT2D eigenvalue weighted by Gasteiger charge is -2.18. The predicted octanol–water partition coefficient (Wildman–Crippen LogP) is 6.81. The summed E-state index contributed by atoms with van der Waals surface area (Å²) < 4.78 is 22.2. The average molecular weight is 489 g/mol. The monoisotopic (exact) mass is 488 g/mol. The molecule has 2 saturated heterocycles. The van der Waals surface area contributed by atoms with E-state index in [1.807, 2.05) is 0 Å². The summed E-state index contributed by atoms with van der Waals surface area (Å²) in [6, 6.07) is 34.5. The molecule has 7 rings (SSSR count). The third-order valence-electron chi connectivity index (χ3n) is 7.17. The number of rotatable bonds is 9. The fraction of sp³-hybridized carbons (Fsp3) is 0.212. The van der Waals surface area contributed by atoms with E-state index in [9.17, 15) is 0 Å². The second kappa shape index (κ2) is 9.55. The van der Waals surface area contributed by atoms with Gasteiger partial charge in [-0.25, -0.2) is 0 Å². The lowest BCUT2D eigenvalue weighted by atomic mass is 9.86. The molecule has 5 aromatic rings. The van der Waals surface area contributed by atoms with Gasteiger partial charge in [-0.15, -0.1) is 0 Å². The van der Waals surface area contributed by atoms with Crippen LogP contribution in [-0.4, -0.2) is 38.6 Å². The zero-order chi connectivity index (χ0) is 24.6. The number of epoxide rings is 2. The number of hydrogen-bond acceptors (Lipinski definition) is 4. The van der Waals surface area contributed by atoms with E-state index < -0.39 is 0 Å². The second-order valence-corrected chi connectivity index (χ2v) is 9.82. The quantitative estimate of drug-likeness (QED) is 0.169. The molecule has 4 heteroatoms. The first-order valence-corrected chi connectivity index (χ1v) is 12.9. The van der Waals surface area contributed by atoms with Crippen molar-refractivity contribution in [3.63, 3.8) is 0 Å². The zero-order valence-electron chi connectivity index (χ0n) is 20.6. The summed E-state index contributed by atoms with van der Waals surface area (Å²) in [5.41, 5.74) is 5.06. The van der Waals surface area contributed by atoms with Gasteiger partial charge in [-0.3, -0.25) is 0 Å². The normalized spacial score (nSPS) is 18.2. The van der Waals surface area contributed by atoms with Crippen LogP contribution in [0.3, 0.4) is 0 Å². The van der Waals surface area contributed by atoms with Crippen molar-refractivity contribution in [2.24, 2.45) is 0 Å². The van der Waals surface area contributed by atoms with E-state index in [0.717, 1.165) is 31.1 Å². The van der Waals surface area contributed by atoms with Crippen molar-refractivity contribution in [1.82, 2.24) is 0 Å². The van der Waals surface area contributed by atoms with E-state index in [0.29, 0.717) is 13.2 Å². The highest BCUT2D eigenvalue weighted by Crippen LogP contribution is 2.40. The van der Waals surface area contributed by atoms with Gasteiger partial charge in [-0.2, -0.15) is 0 Å². The van der Waals surface area contributed by atoms with Crippen molar-refractivity contribution in [3.8, 4) is 22.6 Å². The Morgan fingerprint density at radius 2 is 1.03 bits per heavy atom. The third-order valence-corrected chi connectivity index (χ3v) is 7.17. The molecule has 0 aliphatic carbocycles. The standard InChI is InChI=1S/C33H28O4/c1-3-7-30-28(5-1)32(17-22-9-13-24(14-10-22)34-18-26-20-36-26)29-6-2-4-8-31(29)33(30)23-11-15-25(16-12-23)35-19-27-21-37-27/h1-16,26-27H,17-21H2. The largest absolute Gasteiger partial charge is 0.491 e. The Morgan fingerprint density at radius 1 is 0.568 bits per heavy atom. The molecule has 2 unspecified atom stereocenters. The molecule has 0 N–H and O–H groups in total. The summed E-state index contributed by atoms with van der Waals surface area (Å²) in [7, 11) is 0. The Bertz CT molecular complexity index is 1490. The van der Waals surface area contributed by atoms with Crippen LogP contribution in [0.15, 0.2) is 97.1 Å². The summed E-state index contributed by atoms with van der Waals surface area (Å²) >= 11 is 0. The molecule has 2 aliphatic rings. The minimum absolute atomic E-state index is 0.251. The summed E-state index contributed by atoms with van der Waals surface area (Å²) in [5.74, 6) is 1.77.